The highest BCUT2D eigenvalue weighted by atomic mass is 16.3. The Morgan fingerprint density at radius 1 is 1.29 bits per heavy atom. The van der Waals surface area contributed by atoms with Crippen molar-refractivity contribution >= 4 is 5.69 Å². The summed E-state index contributed by atoms with van der Waals surface area (Å²) in [7, 11) is 0. The van der Waals surface area contributed by atoms with Gasteiger partial charge in [-0.05, 0) is 31.4 Å². The lowest BCUT2D eigenvalue weighted by Gasteiger charge is -2.32. The number of nitrogens with zero attached hydrogens (tertiary/aromatic N) is 2. The second-order valence-corrected chi connectivity index (χ2v) is 4.50. The molecule has 1 aliphatic carbocycles. The summed E-state index contributed by atoms with van der Waals surface area (Å²) in [6.07, 6.45) is 3.20. The highest BCUT2D eigenvalue weighted by Crippen LogP contribution is 2.28. The van der Waals surface area contributed by atoms with Crippen LogP contribution in [0.3, 0.4) is 0 Å². The van der Waals surface area contributed by atoms with Crippen LogP contribution in [0, 0.1) is 11.3 Å². The zero-order valence-corrected chi connectivity index (χ0v) is 9.92. The van der Waals surface area contributed by atoms with E-state index < -0.39 is 0 Å². The summed E-state index contributed by atoms with van der Waals surface area (Å²) >= 11 is 0. The minimum Gasteiger partial charge on any atom is -0.391 e. The van der Waals surface area contributed by atoms with Crippen LogP contribution < -0.4 is 4.90 Å². The topological polar surface area (TPSA) is 47.3 Å². The van der Waals surface area contributed by atoms with E-state index >= 15 is 0 Å². The average Bonchev–Trinajstić information content (AvgIpc) is 2.78. The molecule has 0 unspecified atom stereocenters. The van der Waals surface area contributed by atoms with Gasteiger partial charge in [-0.1, -0.05) is 18.2 Å². The molecular formula is C14H18N2O. The Bertz CT molecular complexity index is 385. The predicted octanol–water partition coefficient (Wildman–Crippen LogP) is 2.32. The van der Waals surface area contributed by atoms with E-state index in [2.05, 4.69) is 11.0 Å². The molecule has 0 aromatic heterocycles. The molecule has 0 radical (unpaired) electrons. The molecule has 0 heterocycles. The summed E-state index contributed by atoms with van der Waals surface area (Å²) in [5.41, 5.74) is 1.11. The molecule has 1 aliphatic rings. The summed E-state index contributed by atoms with van der Waals surface area (Å²) in [6.45, 7) is 0.697. The average molecular weight is 230 g/mol. The zero-order valence-electron chi connectivity index (χ0n) is 9.92. The number of aliphatic hydroxyl groups excluding tert-OH is 1. The lowest BCUT2D eigenvalue weighted by atomic mass is 10.1. The van der Waals surface area contributed by atoms with Gasteiger partial charge >= 0.3 is 0 Å². The van der Waals surface area contributed by atoms with Gasteiger partial charge in [0, 0.05) is 12.2 Å². The first kappa shape index (κ1) is 11.9. The van der Waals surface area contributed by atoms with Crippen molar-refractivity contribution in [3.05, 3.63) is 30.3 Å². The Labute approximate surface area is 102 Å². The fraction of sp³-hybridized carbons (Fsp3) is 0.500. The standard InChI is InChI=1S/C14H18N2O/c15-10-5-11-16(12-6-2-1-3-7-12)13-8-4-9-14(13)17/h1-3,6-7,13-14,17H,4-5,8-9,11H2/t13-,14-/m1/s1. The molecule has 0 bridgehead atoms. The minimum absolute atomic E-state index is 0.172. The molecule has 1 aromatic rings. The van der Waals surface area contributed by atoms with E-state index in [1.165, 1.54) is 0 Å². The van der Waals surface area contributed by atoms with Crippen molar-refractivity contribution in [3.8, 4) is 6.07 Å². The van der Waals surface area contributed by atoms with Crippen LogP contribution in [0.2, 0.25) is 0 Å². The molecule has 90 valence electrons. The van der Waals surface area contributed by atoms with Crippen LogP contribution in [0.25, 0.3) is 0 Å². The van der Waals surface area contributed by atoms with Crippen LogP contribution >= 0.6 is 0 Å². The maximum Gasteiger partial charge on any atom is 0.0743 e. The number of hydrogen-bond acceptors (Lipinski definition) is 3. The number of nitriles is 1. The summed E-state index contributed by atoms with van der Waals surface area (Å²) < 4.78 is 0. The number of para-hydroxylation sites is 1. The highest BCUT2D eigenvalue weighted by molar-refractivity contribution is 5.47. The van der Waals surface area contributed by atoms with Gasteiger partial charge in [-0.15, -0.1) is 0 Å². The number of aliphatic hydroxyl groups is 1. The lowest BCUT2D eigenvalue weighted by Crippen LogP contribution is -2.41. The van der Waals surface area contributed by atoms with Gasteiger partial charge in [-0.2, -0.15) is 5.26 Å². The van der Waals surface area contributed by atoms with Crippen LogP contribution in [-0.2, 0) is 0 Å². The monoisotopic (exact) mass is 230 g/mol. The SMILES string of the molecule is N#CCCN(c1ccccc1)[C@@H]1CCC[C@H]1O. The zero-order chi connectivity index (χ0) is 12.1. The molecule has 0 amide bonds. The molecule has 3 heteroatoms. The molecule has 1 fully saturated rings. The quantitative estimate of drug-likeness (QED) is 0.863. The van der Waals surface area contributed by atoms with E-state index in [1.807, 2.05) is 30.3 Å². The first-order chi connectivity index (χ1) is 8.33. The fourth-order valence-corrected chi connectivity index (χ4v) is 2.56. The number of benzene rings is 1. The molecule has 0 saturated heterocycles. The van der Waals surface area contributed by atoms with E-state index in [1.54, 1.807) is 0 Å². The van der Waals surface area contributed by atoms with E-state index in [0.717, 1.165) is 24.9 Å². The second-order valence-electron chi connectivity index (χ2n) is 4.50. The summed E-state index contributed by atoms with van der Waals surface area (Å²) in [6, 6.07) is 12.4. The largest absolute Gasteiger partial charge is 0.391 e. The van der Waals surface area contributed by atoms with Crippen LogP contribution in [0.4, 0.5) is 5.69 Å². The molecule has 2 rings (SSSR count). The number of anilines is 1. The highest BCUT2D eigenvalue weighted by Gasteiger charge is 2.30. The molecule has 1 N–H and O–H groups in total. The van der Waals surface area contributed by atoms with Gasteiger partial charge < -0.3 is 10.0 Å². The van der Waals surface area contributed by atoms with Crippen LogP contribution in [0.5, 0.6) is 0 Å². The Hall–Kier alpha value is -1.53. The third-order valence-electron chi connectivity index (χ3n) is 3.40. The van der Waals surface area contributed by atoms with Crippen molar-refractivity contribution in [1.82, 2.24) is 0 Å². The van der Waals surface area contributed by atoms with Gasteiger partial charge in [0.1, 0.15) is 0 Å². The van der Waals surface area contributed by atoms with Gasteiger partial charge in [-0.25, -0.2) is 0 Å². The normalized spacial score (nSPS) is 23.3. The summed E-state index contributed by atoms with van der Waals surface area (Å²) in [4.78, 5) is 2.18. The van der Waals surface area contributed by atoms with Gasteiger partial charge in [0.25, 0.3) is 0 Å². The van der Waals surface area contributed by atoms with E-state index in [9.17, 15) is 5.11 Å². The van der Waals surface area contributed by atoms with Crippen molar-refractivity contribution < 1.29 is 5.11 Å². The first-order valence-corrected chi connectivity index (χ1v) is 6.19. The number of rotatable bonds is 4. The third kappa shape index (κ3) is 2.78. The van der Waals surface area contributed by atoms with Gasteiger partial charge in [-0.3, -0.25) is 0 Å². The van der Waals surface area contributed by atoms with E-state index in [-0.39, 0.29) is 12.1 Å². The predicted molar refractivity (Wildman–Crippen MR) is 67.7 cm³/mol. The van der Waals surface area contributed by atoms with Crippen LogP contribution in [-0.4, -0.2) is 23.8 Å². The van der Waals surface area contributed by atoms with Crippen molar-refractivity contribution in [3.63, 3.8) is 0 Å². The van der Waals surface area contributed by atoms with Crippen LogP contribution in [0.15, 0.2) is 30.3 Å². The summed E-state index contributed by atoms with van der Waals surface area (Å²) in [5.74, 6) is 0. The van der Waals surface area contributed by atoms with Crippen molar-refractivity contribution in [2.24, 2.45) is 0 Å². The van der Waals surface area contributed by atoms with E-state index in [4.69, 9.17) is 5.26 Å². The molecule has 17 heavy (non-hydrogen) atoms. The minimum atomic E-state index is -0.256. The van der Waals surface area contributed by atoms with Gasteiger partial charge in [0.2, 0.25) is 0 Å². The smallest absolute Gasteiger partial charge is 0.0743 e. The molecule has 0 spiro atoms. The van der Waals surface area contributed by atoms with Crippen molar-refractivity contribution in [1.29, 1.82) is 5.26 Å². The fourth-order valence-electron chi connectivity index (χ4n) is 2.56. The molecular weight excluding hydrogens is 212 g/mol. The maximum atomic E-state index is 10.00. The molecule has 1 saturated carbocycles. The number of hydrogen-bond donors (Lipinski definition) is 1. The van der Waals surface area contributed by atoms with Gasteiger partial charge in [0.05, 0.1) is 24.6 Å². The van der Waals surface area contributed by atoms with Crippen LogP contribution in [0.1, 0.15) is 25.7 Å². The van der Waals surface area contributed by atoms with E-state index in [0.29, 0.717) is 13.0 Å². The maximum absolute atomic E-state index is 10.00. The Morgan fingerprint density at radius 2 is 2.06 bits per heavy atom. The molecule has 0 aliphatic heterocycles. The third-order valence-corrected chi connectivity index (χ3v) is 3.40. The Kier molecular flexibility index (Phi) is 4.00. The molecule has 1 aromatic carbocycles. The Morgan fingerprint density at radius 3 is 2.65 bits per heavy atom. The molecule has 3 nitrogen and oxygen atoms in total. The summed E-state index contributed by atoms with van der Waals surface area (Å²) in [5, 5.41) is 18.7. The first-order valence-electron chi connectivity index (χ1n) is 6.19. The second kappa shape index (κ2) is 5.70. The molecule has 2 atom stereocenters. The Balaban J connectivity index is 2.16. The van der Waals surface area contributed by atoms with Crippen molar-refractivity contribution in [2.45, 2.75) is 37.8 Å². The van der Waals surface area contributed by atoms with Gasteiger partial charge in [0.15, 0.2) is 0 Å². The lowest BCUT2D eigenvalue weighted by molar-refractivity contribution is 0.161. The van der Waals surface area contributed by atoms with Crippen molar-refractivity contribution in [2.75, 3.05) is 11.4 Å².